The van der Waals surface area contributed by atoms with Crippen molar-refractivity contribution in [3.05, 3.63) is 46.3 Å². The summed E-state index contributed by atoms with van der Waals surface area (Å²) in [7, 11) is 0. The second kappa shape index (κ2) is 5.79. The van der Waals surface area contributed by atoms with Crippen molar-refractivity contribution < 1.29 is 13.9 Å². The highest BCUT2D eigenvalue weighted by atomic mass is 35.5. The van der Waals surface area contributed by atoms with Gasteiger partial charge in [0.1, 0.15) is 11.6 Å². The summed E-state index contributed by atoms with van der Waals surface area (Å²) >= 11 is 5.75. The lowest BCUT2D eigenvalue weighted by Gasteiger charge is -1.99. The van der Waals surface area contributed by atoms with Gasteiger partial charge in [0.05, 0.1) is 6.61 Å². The molecule has 100 valence electrons. The molecule has 0 aliphatic carbocycles. The first-order valence-corrected chi connectivity index (χ1v) is 6.00. The monoisotopic (exact) mass is 283 g/mol. The summed E-state index contributed by atoms with van der Waals surface area (Å²) in [5.74, 6) is -0.532. The van der Waals surface area contributed by atoms with E-state index in [1.165, 1.54) is 12.1 Å². The van der Waals surface area contributed by atoms with Crippen LogP contribution in [-0.2, 0) is 11.2 Å². The number of nitrogens with zero attached hydrogens (tertiary/aromatic N) is 2. The maximum absolute atomic E-state index is 13.2. The Bertz CT molecular complexity index is 580. The topological polar surface area (TPSA) is 67.9 Å². The first-order valence-electron chi connectivity index (χ1n) is 5.62. The fourth-order valence-electron chi connectivity index (χ4n) is 1.57. The minimum Gasteiger partial charge on any atom is -0.460 e. The van der Waals surface area contributed by atoms with Crippen molar-refractivity contribution in [2.45, 2.75) is 13.3 Å². The van der Waals surface area contributed by atoms with Gasteiger partial charge in [-0.2, -0.15) is 0 Å². The Morgan fingerprint density at radius 1 is 1.42 bits per heavy atom. The average Bonchev–Trinajstić information content (AvgIpc) is 2.76. The maximum Gasteiger partial charge on any atom is 0.376 e. The van der Waals surface area contributed by atoms with Crippen LogP contribution in [0.4, 0.5) is 4.39 Å². The lowest BCUT2D eigenvalue weighted by molar-refractivity contribution is 0.0512. The molecule has 0 atom stereocenters. The van der Waals surface area contributed by atoms with Gasteiger partial charge in [-0.15, -0.1) is 10.2 Å². The SMILES string of the molecule is CCOC(=O)c1nnc(Cc2cc(F)cc(Cl)c2)[nH]1. The Morgan fingerprint density at radius 2 is 2.21 bits per heavy atom. The third-order valence-corrected chi connectivity index (χ3v) is 2.51. The van der Waals surface area contributed by atoms with E-state index in [1.807, 2.05) is 0 Å². The molecule has 19 heavy (non-hydrogen) atoms. The van der Waals surface area contributed by atoms with Crippen LogP contribution >= 0.6 is 11.6 Å². The largest absolute Gasteiger partial charge is 0.460 e. The molecular weight excluding hydrogens is 273 g/mol. The molecule has 1 aromatic carbocycles. The number of hydrogen-bond acceptors (Lipinski definition) is 4. The summed E-state index contributed by atoms with van der Waals surface area (Å²) in [4.78, 5) is 14.1. The smallest absolute Gasteiger partial charge is 0.376 e. The van der Waals surface area contributed by atoms with E-state index in [0.29, 0.717) is 22.8 Å². The fourth-order valence-corrected chi connectivity index (χ4v) is 1.82. The zero-order valence-electron chi connectivity index (χ0n) is 10.1. The van der Waals surface area contributed by atoms with Gasteiger partial charge in [-0.1, -0.05) is 11.6 Å². The van der Waals surface area contributed by atoms with Crippen molar-refractivity contribution in [3.63, 3.8) is 0 Å². The highest BCUT2D eigenvalue weighted by Crippen LogP contribution is 2.16. The molecule has 0 fully saturated rings. The van der Waals surface area contributed by atoms with Crippen molar-refractivity contribution >= 4 is 17.6 Å². The Labute approximate surface area is 113 Å². The number of carbonyl (C=O) groups excluding carboxylic acids is 1. The summed E-state index contributed by atoms with van der Waals surface area (Å²) in [6.45, 7) is 1.96. The van der Waals surface area contributed by atoms with E-state index in [4.69, 9.17) is 16.3 Å². The lowest BCUT2D eigenvalue weighted by Crippen LogP contribution is -2.06. The lowest BCUT2D eigenvalue weighted by atomic mass is 10.1. The molecule has 5 nitrogen and oxygen atoms in total. The number of carbonyl (C=O) groups is 1. The molecular formula is C12H11ClFN3O2. The Balaban J connectivity index is 2.13. The van der Waals surface area contributed by atoms with Gasteiger partial charge in [0.25, 0.3) is 0 Å². The van der Waals surface area contributed by atoms with Gasteiger partial charge >= 0.3 is 5.97 Å². The predicted octanol–water partition coefficient (Wildman–Crippen LogP) is 2.36. The highest BCUT2D eigenvalue weighted by molar-refractivity contribution is 6.30. The number of benzene rings is 1. The van der Waals surface area contributed by atoms with Crippen LogP contribution in [0.25, 0.3) is 0 Å². The summed E-state index contributed by atoms with van der Waals surface area (Å²) in [5, 5.41) is 7.78. The molecule has 1 N–H and O–H groups in total. The van der Waals surface area contributed by atoms with E-state index in [1.54, 1.807) is 13.0 Å². The van der Waals surface area contributed by atoms with Crippen molar-refractivity contribution in [2.75, 3.05) is 6.61 Å². The quantitative estimate of drug-likeness (QED) is 0.875. The van der Waals surface area contributed by atoms with Gasteiger partial charge in [0.15, 0.2) is 0 Å². The van der Waals surface area contributed by atoms with Crippen LogP contribution in [0.2, 0.25) is 5.02 Å². The number of ether oxygens (including phenoxy) is 1. The van der Waals surface area contributed by atoms with E-state index < -0.39 is 11.8 Å². The zero-order valence-corrected chi connectivity index (χ0v) is 10.9. The molecule has 0 spiro atoms. The third kappa shape index (κ3) is 3.51. The second-order valence-corrected chi connectivity index (χ2v) is 4.23. The summed E-state index contributed by atoms with van der Waals surface area (Å²) in [6.07, 6.45) is 0.296. The van der Waals surface area contributed by atoms with E-state index >= 15 is 0 Å². The number of rotatable bonds is 4. The van der Waals surface area contributed by atoms with Gasteiger partial charge in [0.2, 0.25) is 5.82 Å². The molecule has 0 amide bonds. The molecule has 2 aromatic rings. The van der Waals surface area contributed by atoms with Crippen LogP contribution in [0.3, 0.4) is 0 Å². The van der Waals surface area contributed by atoms with Crippen molar-refractivity contribution in [3.8, 4) is 0 Å². The molecule has 7 heteroatoms. The summed E-state index contributed by atoms with van der Waals surface area (Å²) in [6, 6.07) is 4.19. The Hall–Kier alpha value is -1.95. The number of aromatic amines is 1. The highest BCUT2D eigenvalue weighted by Gasteiger charge is 2.13. The minimum atomic E-state index is -0.571. The second-order valence-electron chi connectivity index (χ2n) is 3.80. The maximum atomic E-state index is 13.2. The molecule has 0 saturated heterocycles. The van der Waals surface area contributed by atoms with Gasteiger partial charge in [-0.25, -0.2) is 9.18 Å². The molecule has 1 aromatic heterocycles. The molecule has 0 radical (unpaired) electrons. The summed E-state index contributed by atoms with van der Waals surface area (Å²) < 4.78 is 17.9. The summed E-state index contributed by atoms with van der Waals surface area (Å²) in [5.41, 5.74) is 0.636. The van der Waals surface area contributed by atoms with Crippen molar-refractivity contribution in [1.29, 1.82) is 0 Å². The molecule has 1 heterocycles. The molecule has 0 saturated carbocycles. The number of esters is 1. The van der Waals surface area contributed by atoms with Gasteiger partial charge in [0, 0.05) is 11.4 Å². The Kier molecular flexibility index (Phi) is 4.11. The predicted molar refractivity (Wildman–Crippen MR) is 66.6 cm³/mol. The number of H-pyrrole nitrogens is 1. The van der Waals surface area contributed by atoms with Crippen LogP contribution in [-0.4, -0.2) is 27.8 Å². The first-order chi connectivity index (χ1) is 9.08. The number of halogens is 2. The number of nitrogens with one attached hydrogen (secondary N) is 1. The van der Waals surface area contributed by atoms with E-state index in [0.717, 1.165) is 0 Å². The van der Waals surface area contributed by atoms with Crippen LogP contribution in [0, 0.1) is 5.82 Å². The first kappa shape index (κ1) is 13.5. The van der Waals surface area contributed by atoms with Gasteiger partial charge in [-0.05, 0) is 30.7 Å². The van der Waals surface area contributed by atoms with Crippen LogP contribution in [0.15, 0.2) is 18.2 Å². The van der Waals surface area contributed by atoms with E-state index in [-0.39, 0.29) is 12.4 Å². The fraction of sp³-hybridized carbons (Fsp3) is 0.250. The van der Waals surface area contributed by atoms with Crippen LogP contribution < -0.4 is 0 Å². The number of hydrogen-bond donors (Lipinski definition) is 1. The van der Waals surface area contributed by atoms with Crippen molar-refractivity contribution in [1.82, 2.24) is 15.2 Å². The molecule has 0 unspecified atom stereocenters. The van der Waals surface area contributed by atoms with Gasteiger partial charge in [-0.3, -0.25) is 0 Å². The number of aromatic nitrogens is 3. The van der Waals surface area contributed by atoms with Crippen molar-refractivity contribution in [2.24, 2.45) is 0 Å². The third-order valence-electron chi connectivity index (χ3n) is 2.30. The average molecular weight is 284 g/mol. The molecule has 0 aliphatic rings. The standard InChI is InChI=1S/C12H11ClFN3O2/c1-2-19-12(18)11-15-10(16-17-11)5-7-3-8(13)6-9(14)4-7/h3-4,6H,2,5H2,1H3,(H,15,16,17). The van der Waals surface area contributed by atoms with E-state index in [9.17, 15) is 9.18 Å². The van der Waals surface area contributed by atoms with Crippen LogP contribution in [0.1, 0.15) is 28.9 Å². The normalized spacial score (nSPS) is 10.5. The molecule has 0 aliphatic heterocycles. The van der Waals surface area contributed by atoms with E-state index in [2.05, 4.69) is 15.2 Å². The zero-order chi connectivity index (χ0) is 13.8. The van der Waals surface area contributed by atoms with Gasteiger partial charge < -0.3 is 9.72 Å². The minimum absolute atomic E-state index is 0.0272. The van der Waals surface area contributed by atoms with Crippen LogP contribution in [0.5, 0.6) is 0 Å². The molecule has 0 bridgehead atoms. The molecule has 2 rings (SSSR count). The Morgan fingerprint density at radius 3 is 2.89 bits per heavy atom.